The van der Waals surface area contributed by atoms with E-state index >= 15 is 0 Å². The normalized spacial score (nSPS) is 52.5. The summed E-state index contributed by atoms with van der Waals surface area (Å²) in [7, 11) is 0. The average molecular weight is 330 g/mol. The number of allylic oxidation sites excluding steroid dienone is 2. The molecular formula is C21H30O3. The van der Waals surface area contributed by atoms with E-state index in [4.69, 9.17) is 9.47 Å². The summed E-state index contributed by atoms with van der Waals surface area (Å²) in [6.45, 7) is 8.53. The van der Waals surface area contributed by atoms with Gasteiger partial charge in [-0.3, -0.25) is 4.79 Å². The van der Waals surface area contributed by atoms with E-state index in [0.717, 1.165) is 25.2 Å². The molecular weight excluding hydrogens is 300 g/mol. The van der Waals surface area contributed by atoms with Crippen LogP contribution in [-0.4, -0.2) is 25.3 Å². The molecule has 1 heterocycles. The molecule has 3 heteroatoms. The SMILES string of the molecule is C[C@@H]1C[C@@H]2[C@H]([C@H]3CC=C[C@@H]4C[C@H](C5OCCO5)C[C@@]14C3=O)C2(C)C. The van der Waals surface area contributed by atoms with Crippen molar-refractivity contribution in [3.8, 4) is 0 Å². The Hall–Kier alpha value is -0.670. The minimum absolute atomic E-state index is 0.0765. The van der Waals surface area contributed by atoms with Crippen LogP contribution in [0.4, 0.5) is 0 Å². The molecule has 0 amide bonds. The van der Waals surface area contributed by atoms with E-state index in [2.05, 4.69) is 32.9 Å². The topological polar surface area (TPSA) is 35.5 Å². The van der Waals surface area contributed by atoms with E-state index in [1.165, 1.54) is 6.42 Å². The molecule has 0 unspecified atom stereocenters. The molecule has 24 heavy (non-hydrogen) atoms. The molecule has 2 bridgehead atoms. The minimum Gasteiger partial charge on any atom is -0.350 e. The van der Waals surface area contributed by atoms with Crippen LogP contribution in [0.2, 0.25) is 0 Å². The number of hydrogen-bond acceptors (Lipinski definition) is 3. The standard InChI is InChI=1S/C21H30O3/c1-12-9-16-17(20(16,2)3)15-6-4-5-14-10-13(19-23-7-8-24-19)11-21(12,14)18(15)22/h4-5,12-17,19H,6-11H2,1-3H3/t12-,13+,14-,15-,16-,17+,21-/m1/s1. The number of rotatable bonds is 1. The van der Waals surface area contributed by atoms with Crippen molar-refractivity contribution in [2.24, 2.45) is 46.3 Å². The average Bonchev–Trinajstić information content (AvgIpc) is 2.96. The summed E-state index contributed by atoms with van der Waals surface area (Å²) in [4.78, 5) is 13.8. The van der Waals surface area contributed by atoms with Gasteiger partial charge in [0.1, 0.15) is 5.78 Å². The first-order chi connectivity index (χ1) is 11.5. The zero-order valence-electron chi connectivity index (χ0n) is 15.2. The first-order valence-corrected chi connectivity index (χ1v) is 9.90. The predicted molar refractivity (Wildman–Crippen MR) is 91.1 cm³/mol. The Morgan fingerprint density at radius 2 is 1.92 bits per heavy atom. The van der Waals surface area contributed by atoms with E-state index in [-0.39, 0.29) is 17.6 Å². The van der Waals surface area contributed by atoms with Gasteiger partial charge in [-0.25, -0.2) is 0 Å². The molecule has 5 aliphatic rings. The summed E-state index contributed by atoms with van der Waals surface area (Å²) in [6.07, 6.45) is 8.87. The molecule has 0 aromatic carbocycles. The fraction of sp³-hybridized carbons (Fsp3) is 0.857. The van der Waals surface area contributed by atoms with Gasteiger partial charge in [-0.2, -0.15) is 0 Å². The van der Waals surface area contributed by atoms with Crippen LogP contribution in [0, 0.1) is 46.3 Å². The fourth-order valence-corrected chi connectivity index (χ4v) is 7.18. The zero-order valence-corrected chi connectivity index (χ0v) is 15.2. The first-order valence-electron chi connectivity index (χ1n) is 9.90. The van der Waals surface area contributed by atoms with Crippen molar-refractivity contribution in [3.05, 3.63) is 12.2 Å². The number of carbonyl (C=O) groups is 1. The van der Waals surface area contributed by atoms with Crippen molar-refractivity contribution in [1.29, 1.82) is 0 Å². The van der Waals surface area contributed by atoms with Crippen LogP contribution in [0.15, 0.2) is 12.2 Å². The summed E-state index contributed by atoms with van der Waals surface area (Å²) in [5, 5.41) is 0. The second-order valence-electron chi connectivity index (χ2n) is 9.68. The maximum Gasteiger partial charge on any atom is 0.160 e. The van der Waals surface area contributed by atoms with Crippen LogP contribution in [0.5, 0.6) is 0 Å². The number of hydrogen-bond donors (Lipinski definition) is 0. The Bertz CT molecular complexity index is 588. The van der Waals surface area contributed by atoms with Crippen molar-refractivity contribution >= 4 is 5.78 Å². The molecule has 4 aliphatic carbocycles. The van der Waals surface area contributed by atoms with E-state index in [0.29, 0.717) is 48.1 Å². The van der Waals surface area contributed by atoms with E-state index in [1.54, 1.807) is 0 Å². The molecule has 7 atom stereocenters. The lowest BCUT2D eigenvalue weighted by Gasteiger charge is -2.39. The first kappa shape index (κ1) is 15.6. The van der Waals surface area contributed by atoms with Crippen molar-refractivity contribution in [1.82, 2.24) is 0 Å². The van der Waals surface area contributed by atoms with Gasteiger partial charge in [0.25, 0.3) is 0 Å². The minimum atomic E-state index is -0.152. The lowest BCUT2D eigenvalue weighted by atomic mass is 9.62. The Labute approximate surface area is 145 Å². The Morgan fingerprint density at radius 3 is 2.67 bits per heavy atom. The van der Waals surface area contributed by atoms with Gasteiger partial charge in [-0.05, 0) is 54.8 Å². The summed E-state index contributed by atoms with van der Waals surface area (Å²) in [6, 6.07) is 0. The lowest BCUT2D eigenvalue weighted by Crippen LogP contribution is -2.43. The third kappa shape index (κ3) is 1.83. The van der Waals surface area contributed by atoms with Gasteiger partial charge in [-0.1, -0.05) is 32.9 Å². The maximum atomic E-state index is 13.8. The van der Waals surface area contributed by atoms with Crippen molar-refractivity contribution in [3.63, 3.8) is 0 Å². The van der Waals surface area contributed by atoms with Crippen LogP contribution < -0.4 is 0 Å². The quantitative estimate of drug-likeness (QED) is 0.686. The van der Waals surface area contributed by atoms with Crippen LogP contribution in [0.1, 0.15) is 46.5 Å². The van der Waals surface area contributed by atoms with Gasteiger partial charge >= 0.3 is 0 Å². The molecule has 1 saturated heterocycles. The van der Waals surface area contributed by atoms with Crippen LogP contribution in [0.25, 0.3) is 0 Å². The smallest absolute Gasteiger partial charge is 0.160 e. The number of Topliss-reactive ketones (excluding diaryl/α,β-unsaturated/α-hetero) is 1. The predicted octanol–water partition coefficient (Wildman–Crippen LogP) is 3.83. The number of ketones is 1. The van der Waals surface area contributed by atoms with Gasteiger partial charge in [-0.15, -0.1) is 0 Å². The van der Waals surface area contributed by atoms with E-state index in [1.807, 2.05) is 0 Å². The second kappa shape index (κ2) is 4.94. The number of fused-ring (bicyclic) bond motifs is 3. The molecule has 5 rings (SSSR count). The van der Waals surface area contributed by atoms with Crippen LogP contribution >= 0.6 is 0 Å². The lowest BCUT2D eigenvalue weighted by molar-refractivity contribution is -0.138. The summed E-state index contributed by atoms with van der Waals surface area (Å²) < 4.78 is 11.6. The highest BCUT2D eigenvalue weighted by atomic mass is 16.7. The molecule has 3 nitrogen and oxygen atoms in total. The van der Waals surface area contributed by atoms with Crippen molar-refractivity contribution in [2.45, 2.75) is 52.7 Å². The maximum absolute atomic E-state index is 13.8. The number of carbonyl (C=O) groups excluding carboxylic acids is 1. The molecule has 132 valence electrons. The van der Waals surface area contributed by atoms with Gasteiger partial charge in [0.15, 0.2) is 6.29 Å². The molecule has 0 radical (unpaired) electrons. The number of ether oxygens (including phenoxy) is 2. The summed E-state index contributed by atoms with van der Waals surface area (Å²) in [5.74, 6) is 3.43. The molecule has 0 aromatic rings. The van der Waals surface area contributed by atoms with Crippen LogP contribution in [-0.2, 0) is 14.3 Å². The zero-order chi connectivity index (χ0) is 16.7. The molecule has 3 saturated carbocycles. The van der Waals surface area contributed by atoms with E-state index < -0.39 is 0 Å². The largest absolute Gasteiger partial charge is 0.350 e. The third-order valence-electron chi connectivity index (χ3n) is 8.46. The van der Waals surface area contributed by atoms with Gasteiger partial charge in [0, 0.05) is 17.3 Å². The highest BCUT2D eigenvalue weighted by Gasteiger charge is 2.69. The third-order valence-corrected chi connectivity index (χ3v) is 8.46. The monoisotopic (exact) mass is 330 g/mol. The van der Waals surface area contributed by atoms with Gasteiger partial charge < -0.3 is 9.47 Å². The molecule has 1 aliphatic heterocycles. The van der Waals surface area contributed by atoms with E-state index in [9.17, 15) is 4.79 Å². The van der Waals surface area contributed by atoms with Gasteiger partial charge in [0.05, 0.1) is 13.2 Å². The summed E-state index contributed by atoms with van der Waals surface area (Å²) in [5.41, 5.74) is 0.209. The Balaban J connectivity index is 1.53. The molecule has 0 N–H and O–H groups in total. The second-order valence-corrected chi connectivity index (χ2v) is 9.68. The summed E-state index contributed by atoms with van der Waals surface area (Å²) >= 11 is 0. The Kier molecular flexibility index (Phi) is 3.21. The van der Waals surface area contributed by atoms with Gasteiger partial charge in [0.2, 0.25) is 0 Å². The highest BCUT2D eigenvalue weighted by Crippen LogP contribution is 2.71. The molecule has 4 fully saturated rings. The van der Waals surface area contributed by atoms with Crippen LogP contribution in [0.3, 0.4) is 0 Å². The highest BCUT2D eigenvalue weighted by molar-refractivity contribution is 5.90. The molecule has 0 aromatic heterocycles. The Morgan fingerprint density at radius 1 is 1.17 bits per heavy atom. The van der Waals surface area contributed by atoms with Crippen molar-refractivity contribution < 1.29 is 14.3 Å². The van der Waals surface area contributed by atoms with Crippen molar-refractivity contribution in [2.75, 3.05) is 13.2 Å². The fourth-order valence-electron chi connectivity index (χ4n) is 7.18. The molecule has 1 spiro atoms.